The number of nitrogens with zero attached hydrogens (tertiary/aromatic N) is 4. The van der Waals surface area contributed by atoms with Gasteiger partial charge in [-0.15, -0.1) is 0 Å². The molecule has 1 aliphatic rings. The van der Waals surface area contributed by atoms with Crippen LogP contribution in [0.2, 0.25) is 0 Å². The zero-order valence-electron chi connectivity index (χ0n) is 15.4. The predicted molar refractivity (Wildman–Crippen MR) is 100 cm³/mol. The summed E-state index contributed by atoms with van der Waals surface area (Å²) in [6.07, 6.45) is 1.84. The van der Waals surface area contributed by atoms with Crippen LogP contribution in [0.5, 0.6) is 0 Å². The molecule has 3 rings (SSSR count). The Bertz CT molecular complexity index is 882. The molecule has 2 aromatic rings. The smallest absolute Gasteiger partial charge is 0.181 e. The van der Waals surface area contributed by atoms with E-state index in [-0.39, 0.29) is 17.8 Å². The minimum Gasteiger partial charge on any atom is -0.377 e. The maximum atomic E-state index is 13.4. The first kappa shape index (κ1) is 18.8. The first-order valence-corrected chi connectivity index (χ1v) is 8.59. The fraction of sp³-hybridized carbons (Fsp3) is 0.316. The molecule has 3 unspecified atom stereocenters. The number of hydrazone groups is 1. The highest BCUT2D eigenvalue weighted by molar-refractivity contribution is 6.06. The highest BCUT2D eigenvalue weighted by Crippen LogP contribution is 2.38. The number of halogens is 2. The van der Waals surface area contributed by atoms with Crippen molar-refractivity contribution in [2.45, 2.75) is 32.1 Å². The normalized spacial score (nSPS) is 22.5. The summed E-state index contributed by atoms with van der Waals surface area (Å²) in [5.41, 5.74) is 5.56. The number of benzene rings is 1. The molecular weight excluding hydrogens is 350 g/mol. The molecule has 27 heavy (non-hydrogen) atoms. The van der Waals surface area contributed by atoms with Gasteiger partial charge < -0.3 is 5.32 Å². The van der Waals surface area contributed by atoms with E-state index in [1.54, 1.807) is 29.9 Å². The molecule has 1 aliphatic heterocycles. The third-order valence-electron chi connectivity index (χ3n) is 4.55. The van der Waals surface area contributed by atoms with Gasteiger partial charge in [0.2, 0.25) is 0 Å². The number of hydrogen-bond donors (Lipinski definition) is 2. The first-order chi connectivity index (χ1) is 12.9. The fourth-order valence-electron chi connectivity index (χ4n) is 3.22. The lowest BCUT2D eigenvalue weighted by atomic mass is 9.81. The van der Waals surface area contributed by atoms with Gasteiger partial charge in [0.1, 0.15) is 18.0 Å². The Morgan fingerprint density at radius 1 is 1.37 bits per heavy atom. The predicted octanol–water partition coefficient (Wildman–Crippen LogP) is 3.10. The van der Waals surface area contributed by atoms with Crippen molar-refractivity contribution in [3.8, 4) is 0 Å². The topological polar surface area (TPSA) is 67.1 Å². The molecule has 0 saturated heterocycles. The van der Waals surface area contributed by atoms with E-state index in [1.807, 2.05) is 6.92 Å². The molecule has 142 valence electrons. The lowest BCUT2D eigenvalue weighted by Gasteiger charge is -2.35. The van der Waals surface area contributed by atoms with E-state index in [2.05, 4.69) is 32.5 Å². The third kappa shape index (κ3) is 3.74. The van der Waals surface area contributed by atoms with E-state index >= 15 is 0 Å². The molecule has 0 spiro atoms. The number of alkyl halides is 1. The van der Waals surface area contributed by atoms with Gasteiger partial charge in [-0.1, -0.05) is 18.7 Å². The maximum absolute atomic E-state index is 13.4. The number of hydrogen-bond acceptors (Lipinski definition) is 5. The van der Waals surface area contributed by atoms with Gasteiger partial charge in [0, 0.05) is 12.7 Å². The molecule has 1 aromatic carbocycles. The zero-order chi connectivity index (χ0) is 19.6. The Morgan fingerprint density at radius 3 is 2.63 bits per heavy atom. The van der Waals surface area contributed by atoms with Crippen LogP contribution in [0.25, 0.3) is 0 Å². The summed E-state index contributed by atoms with van der Waals surface area (Å²) in [5.74, 6) is -0.0218. The lowest BCUT2D eigenvalue weighted by molar-refractivity contribution is 0.303. The standard InChI is InChI=1S/C19H22F2N6/c1-5-15-11(2)17(26-25-12(3)20)16(19-22-10-23-27(19)4)18(24-15)13-6-8-14(21)9-7-13/h5-10,12,16,18,24-25H,1H2,2-4H3/b26-17+. The number of rotatable bonds is 5. The van der Waals surface area contributed by atoms with Crippen molar-refractivity contribution in [3.05, 3.63) is 71.7 Å². The molecule has 1 aromatic heterocycles. The summed E-state index contributed by atoms with van der Waals surface area (Å²) < 4.78 is 28.5. The summed E-state index contributed by atoms with van der Waals surface area (Å²) in [6, 6.07) is 5.92. The molecule has 0 radical (unpaired) electrons. The van der Waals surface area contributed by atoms with Crippen LogP contribution in [-0.2, 0) is 7.05 Å². The zero-order valence-corrected chi connectivity index (χ0v) is 15.4. The molecular formula is C19H22F2N6. The van der Waals surface area contributed by atoms with Crippen LogP contribution < -0.4 is 10.7 Å². The average Bonchev–Trinajstić information content (AvgIpc) is 3.06. The molecule has 0 bridgehead atoms. The van der Waals surface area contributed by atoms with Crippen molar-refractivity contribution in [3.63, 3.8) is 0 Å². The van der Waals surface area contributed by atoms with Crippen molar-refractivity contribution < 1.29 is 8.78 Å². The van der Waals surface area contributed by atoms with Crippen molar-refractivity contribution in [2.24, 2.45) is 12.1 Å². The minimum absolute atomic E-state index is 0.305. The highest BCUT2D eigenvalue weighted by Gasteiger charge is 2.38. The molecule has 0 aliphatic carbocycles. The summed E-state index contributed by atoms with van der Waals surface area (Å²) in [4.78, 5) is 4.38. The summed E-state index contributed by atoms with van der Waals surface area (Å²) in [6.45, 7) is 7.10. The van der Waals surface area contributed by atoms with Gasteiger partial charge in [-0.3, -0.25) is 10.1 Å². The van der Waals surface area contributed by atoms with Crippen molar-refractivity contribution in [2.75, 3.05) is 0 Å². The number of nitrogens with one attached hydrogen (secondary N) is 2. The quantitative estimate of drug-likeness (QED) is 0.625. The van der Waals surface area contributed by atoms with Crippen LogP contribution in [-0.4, -0.2) is 26.8 Å². The summed E-state index contributed by atoms with van der Waals surface area (Å²) in [5, 5.41) is 11.9. The van der Waals surface area contributed by atoms with E-state index in [0.717, 1.165) is 16.8 Å². The Labute approximate surface area is 156 Å². The van der Waals surface area contributed by atoms with Crippen LogP contribution in [0.1, 0.15) is 37.2 Å². The Kier molecular flexibility index (Phi) is 5.34. The molecule has 6 nitrogen and oxygen atoms in total. The van der Waals surface area contributed by atoms with E-state index in [0.29, 0.717) is 11.5 Å². The molecule has 3 atom stereocenters. The van der Waals surface area contributed by atoms with Crippen LogP contribution >= 0.6 is 0 Å². The Balaban J connectivity index is 2.18. The van der Waals surface area contributed by atoms with Crippen LogP contribution in [0.3, 0.4) is 0 Å². The van der Waals surface area contributed by atoms with Crippen molar-refractivity contribution >= 4 is 5.71 Å². The van der Waals surface area contributed by atoms with Gasteiger partial charge >= 0.3 is 0 Å². The largest absolute Gasteiger partial charge is 0.377 e. The van der Waals surface area contributed by atoms with Gasteiger partial charge in [-0.05, 0) is 43.2 Å². The van der Waals surface area contributed by atoms with Crippen LogP contribution in [0.15, 0.2) is 59.6 Å². The van der Waals surface area contributed by atoms with E-state index in [4.69, 9.17) is 0 Å². The van der Waals surface area contributed by atoms with Gasteiger partial charge in [0.25, 0.3) is 0 Å². The number of aryl methyl sites for hydroxylation is 1. The molecule has 8 heteroatoms. The van der Waals surface area contributed by atoms with Crippen molar-refractivity contribution in [1.82, 2.24) is 25.5 Å². The van der Waals surface area contributed by atoms with Crippen molar-refractivity contribution in [1.29, 1.82) is 0 Å². The monoisotopic (exact) mass is 372 g/mol. The summed E-state index contributed by atoms with van der Waals surface area (Å²) >= 11 is 0. The van der Waals surface area contributed by atoms with Gasteiger partial charge in [-0.25, -0.2) is 13.8 Å². The molecule has 0 saturated carbocycles. The average molecular weight is 372 g/mol. The second-order valence-electron chi connectivity index (χ2n) is 6.38. The van der Waals surface area contributed by atoms with Gasteiger partial charge in [-0.2, -0.15) is 10.2 Å². The molecule has 0 fully saturated rings. The van der Waals surface area contributed by atoms with Crippen LogP contribution in [0, 0.1) is 5.82 Å². The van der Waals surface area contributed by atoms with E-state index in [1.165, 1.54) is 25.4 Å². The highest BCUT2D eigenvalue weighted by atomic mass is 19.1. The number of aromatic nitrogens is 3. The molecule has 0 amide bonds. The lowest BCUT2D eigenvalue weighted by Crippen LogP contribution is -2.39. The third-order valence-corrected chi connectivity index (χ3v) is 4.55. The van der Waals surface area contributed by atoms with E-state index in [9.17, 15) is 8.78 Å². The van der Waals surface area contributed by atoms with Crippen LogP contribution in [0.4, 0.5) is 8.78 Å². The maximum Gasteiger partial charge on any atom is 0.181 e. The Morgan fingerprint density at radius 2 is 2.07 bits per heavy atom. The number of allylic oxidation sites excluding steroid dienone is 2. The fourth-order valence-corrected chi connectivity index (χ4v) is 3.22. The van der Waals surface area contributed by atoms with E-state index < -0.39 is 6.30 Å². The summed E-state index contributed by atoms with van der Waals surface area (Å²) in [7, 11) is 1.79. The minimum atomic E-state index is -1.31. The molecule has 2 N–H and O–H groups in total. The Hall–Kier alpha value is -3.03. The SMILES string of the molecule is C=CC1=C(C)/C(=N\NC(C)F)C(c2ncnn2C)C(c2ccc(F)cc2)N1. The second kappa shape index (κ2) is 7.69. The second-order valence-corrected chi connectivity index (χ2v) is 6.38. The molecule has 2 heterocycles. The van der Waals surface area contributed by atoms with Gasteiger partial charge in [0.05, 0.1) is 17.7 Å². The first-order valence-electron chi connectivity index (χ1n) is 8.59. The van der Waals surface area contributed by atoms with Gasteiger partial charge in [0.15, 0.2) is 6.30 Å².